The van der Waals surface area contributed by atoms with Crippen molar-refractivity contribution in [3.63, 3.8) is 0 Å². The van der Waals surface area contributed by atoms with Gasteiger partial charge in [0.1, 0.15) is 5.78 Å². The van der Waals surface area contributed by atoms with E-state index in [4.69, 9.17) is 0 Å². The maximum atomic E-state index is 11.6. The molecule has 90 valence electrons. The standard InChI is InChI=1S/C15H18O2/c16-14-9-5-4-8-13(14)15(17)11-10-12-6-2-1-3-7-12/h1-3,6-7,11,13,17H,4-5,8-10H2. The average Bonchev–Trinajstić information content (AvgIpc) is 2.38. The van der Waals surface area contributed by atoms with Gasteiger partial charge in [0, 0.05) is 6.42 Å². The molecule has 1 aliphatic rings. The van der Waals surface area contributed by atoms with E-state index in [1.54, 1.807) is 6.08 Å². The van der Waals surface area contributed by atoms with Crippen molar-refractivity contribution in [2.75, 3.05) is 0 Å². The highest BCUT2D eigenvalue weighted by atomic mass is 16.3. The lowest BCUT2D eigenvalue weighted by molar-refractivity contribution is -0.124. The molecule has 1 unspecified atom stereocenters. The molecule has 0 bridgehead atoms. The van der Waals surface area contributed by atoms with Crippen molar-refractivity contribution in [1.82, 2.24) is 0 Å². The molecule has 1 aromatic carbocycles. The van der Waals surface area contributed by atoms with E-state index in [0.29, 0.717) is 12.8 Å². The van der Waals surface area contributed by atoms with Crippen molar-refractivity contribution >= 4 is 5.78 Å². The van der Waals surface area contributed by atoms with Gasteiger partial charge in [0.2, 0.25) is 0 Å². The summed E-state index contributed by atoms with van der Waals surface area (Å²) in [5.74, 6) is 0.212. The third kappa shape index (κ3) is 3.19. The predicted octanol–water partition coefficient (Wildman–Crippen LogP) is 3.43. The van der Waals surface area contributed by atoms with Crippen LogP contribution in [0.25, 0.3) is 0 Å². The molecular weight excluding hydrogens is 212 g/mol. The summed E-state index contributed by atoms with van der Waals surface area (Å²) in [6.07, 6.45) is 5.91. The Labute approximate surface area is 102 Å². The van der Waals surface area contributed by atoms with E-state index >= 15 is 0 Å². The van der Waals surface area contributed by atoms with Crippen molar-refractivity contribution in [3.8, 4) is 0 Å². The number of benzene rings is 1. The van der Waals surface area contributed by atoms with Crippen LogP contribution < -0.4 is 0 Å². The minimum Gasteiger partial charge on any atom is -0.512 e. The summed E-state index contributed by atoms with van der Waals surface area (Å²) in [5.41, 5.74) is 1.15. The summed E-state index contributed by atoms with van der Waals surface area (Å²) in [5, 5.41) is 9.95. The molecule has 2 nitrogen and oxygen atoms in total. The highest BCUT2D eigenvalue weighted by Gasteiger charge is 2.25. The molecule has 1 aliphatic carbocycles. The molecule has 0 amide bonds. The number of aliphatic hydroxyl groups excluding tert-OH is 1. The number of allylic oxidation sites excluding steroid dienone is 2. The summed E-state index contributed by atoms with van der Waals surface area (Å²) >= 11 is 0. The lowest BCUT2D eigenvalue weighted by Gasteiger charge is -2.19. The Morgan fingerprint density at radius 1 is 1.29 bits per heavy atom. The van der Waals surface area contributed by atoms with E-state index < -0.39 is 0 Å². The fourth-order valence-electron chi connectivity index (χ4n) is 2.27. The van der Waals surface area contributed by atoms with E-state index in [1.807, 2.05) is 30.3 Å². The van der Waals surface area contributed by atoms with Crippen LogP contribution in [0.15, 0.2) is 42.2 Å². The molecule has 0 aliphatic heterocycles. The fourth-order valence-corrected chi connectivity index (χ4v) is 2.27. The van der Waals surface area contributed by atoms with Gasteiger partial charge in [0.05, 0.1) is 11.7 Å². The minimum absolute atomic E-state index is 0.193. The Kier molecular flexibility index (Phi) is 3.97. The molecule has 1 aromatic rings. The van der Waals surface area contributed by atoms with E-state index in [9.17, 15) is 9.90 Å². The Hall–Kier alpha value is -1.57. The second-order valence-electron chi connectivity index (χ2n) is 4.58. The third-order valence-corrected chi connectivity index (χ3v) is 3.30. The summed E-state index contributed by atoms with van der Waals surface area (Å²) in [6, 6.07) is 9.97. The topological polar surface area (TPSA) is 37.3 Å². The van der Waals surface area contributed by atoms with Crippen LogP contribution in [-0.4, -0.2) is 10.9 Å². The Balaban J connectivity index is 1.99. The van der Waals surface area contributed by atoms with Gasteiger partial charge in [-0.1, -0.05) is 36.8 Å². The molecule has 1 N–H and O–H groups in total. The molecule has 0 aromatic heterocycles. The Morgan fingerprint density at radius 3 is 2.76 bits per heavy atom. The zero-order valence-corrected chi connectivity index (χ0v) is 9.93. The highest BCUT2D eigenvalue weighted by Crippen LogP contribution is 2.25. The van der Waals surface area contributed by atoms with E-state index in [0.717, 1.165) is 24.8 Å². The van der Waals surface area contributed by atoms with E-state index in [1.165, 1.54) is 0 Å². The lowest BCUT2D eigenvalue weighted by Crippen LogP contribution is -2.21. The van der Waals surface area contributed by atoms with Gasteiger partial charge >= 0.3 is 0 Å². The van der Waals surface area contributed by atoms with Crippen molar-refractivity contribution in [3.05, 3.63) is 47.7 Å². The van der Waals surface area contributed by atoms with Crippen LogP contribution >= 0.6 is 0 Å². The molecule has 0 heterocycles. The van der Waals surface area contributed by atoms with Crippen molar-refractivity contribution in [2.45, 2.75) is 32.1 Å². The van der Waals surface area contributed by atoms with Crippen LogP contribution in [0.4, 0.5) is 0 Å². The third-order valence-electron chi connectivity index (χ3n) is 3.30. The van der Waals surface area contributed by atoms with Crippen LogP contribution in [-0.2, 0) is 11.2 Å². The summed E-state index contributed by atoms with van der Waals surface area (Å²) in [4.78, 5) is 11.6. The highest BCUT2D eigenvalue weighted by molar-refractivity contribution is 5.83. The van der Waals surface area contributed by atoms with E-state index in [-0.39, 0.29) is 17.5 Å². The maximum absolute atomic E-state index is 11.6. The molecule has 0 saturated heterocycles. The van der Waals surface area contributed by atoms with Crippen LogP contribution in [0.2, 0.25) is 0 Å². The first-order chi connectivity index (χ1) is 8.27. The number of rotatable bonds is 3. The van der Waals surface area contributed by atoms with Gasteiger partial charge in [-0.3, -0.25) is 4.79 Å². The average molecular weight is 230 g/mol. The van der Waals surface area contributed by atoms with Gasteiger partial charge in [0.15, 0.2) is 0 Å². The molecule has 1 fully saturated rings. The van der Waals surface area contributed by atoms with Gasteiger partial charge < -0.3 is 5.11 Å². The molecule has 1 saturated carbocycles. The Morgan fingerprint density at radius 2 is 2.06 bits per heavy atom. The first-order valence-corrected chi connectivity index (χ1v) is 6.23. The van der Waals surface area contributed by atoms with Crippen LogP contribution in [0.5, 0.6) is 0 Å². The molecule has 0 spiro atoms. The smallest absolute Gasteiger partial charge is 0.143 e. The number of hydrogen-bond donors (Lipinski definition) is 1. The number of aliphatic hydroxyl groups is 1. The molecule has 1 atom stereocenters. The molecule has 2 heteroatoms. The number of carbonyl (C=O) groups is 1. The molecule has 17 heavy (non-hydrogen) atoms. The quantitative estimate of drug-likeness (QED) is 0.808. The van der Waals surface area contributed by atoms with Gasteiger partial charge in [-0.05, 0) is 30.9 Å². The second kappa shape index (κ2) is 5.67. The van der Waals surface area contributed by atoms with Gasteiger partial charge in [-0.25, -0.2) is 0 Å². The van der Waals surface area contributed by atoms with Crippen molar-refractivity contribution < 1.29 is 9.90 Å². The number of ketones is 1. The summed E-state index contributed by atoms with van der Waals surface area (Å²) < 4.78 is 0. The predicted molar refractivity (Wildman–Crippen MR) is 67.8 cm³/mol. The van der Waals surface area contributed by atoms with Gasteiger partial charge in [0.25, 0.3) is 0 Å². The van der Waals surface area contributed by atoms with Crippen LogP contribution in [0.3, 0.4) is 0 Å². The maximum Gasteiger partial charge on any atom is 0.143 e. The second-order valence-corrected chi connectivity index (χ2v) is 4.58. The van der Waals surface area contributed by atoms with Gasteiger partial charge in [-0.15, -0.1) is 0 Å². The first kappa shape index (κ1) is 11.9. The zero-order chi connectivity index (χ0) is 12.1. The van der Waals surface area contributed by atoms with E-state index in [2.05, 4.69) is 0 Å². The monoisotopic (exact) mass is 230 g/mol. The number of hydrogen-bond acceptors (Lipinski definition) is 2. The summed E-state index contributed by atoms with van der Waals surface area (Å²) in [6.45, 7) is 0. The molecule has 0 radical (unpaired) electrons. The normalized spacial score (nSPS) is 21.5. The summed E-state index contributed by atoms with van der Waals surface area (Å²) in [7, 11) is 0. The molecular formula is C15H18O2. The largest absolute Gasteiger partial charge is 0.512 e. The molecule has 2 rings (SSSR count). The lowest BCUT2D eigenvalue weighted by atomic mass is 9.86. The van der Waals surface area contributed by atoms with Crippen molar-refractivity contribution in [1.29, 1.82) is 0 Å². The SMILES string of the molecule is O=C1CCCCC1C(O)=CCc1ccccc1. The first-order valence-electron chi connectivity index (χ1n) is 6.23. The van der Waals surface area contributed by atoms with Crippen molar-refractivity contribution in [2.24, 2.45) is 5.92 Å². The number of Topliss-reactive ketones (excluding diaryl/α,β-unsaturated/α-hetero) is 1. The van der Waals surface area contributed by atoms with Crippen LogP contribution in [0.1, 0.15) is 31.2 Å². The fraction of sp³-hybridized carbons (Fsp3) is 0.400. The zero-order valence-electron chi connectivity index (χ0n) is 9.93. The Bertz CT molecular complexity index is 406. The van der Waals surface area contributed by atoms with Gasteiger partial charge in [-0.2, -0.15) is 0 Å². The van der Waals surface area contributed by atoms with Crippen LogP contribution in [0, 0.1) is 5.92 Å². The number of carbonyl (C=O) groups excluding carboxylic acids is 1. The minimum atomic E-state index is -0.243.